The first-order chi connectivity index (χ1) is 8.06. The summed E-state index contributed by atoms with van der Waals surface area (Å²) in [6.45, 7) is 0. The zero-order chi connectivity index (χ0) is 12.4. The van der Waals surface area contributed by atoms with Crippen LogP contribution in [0.5, 0.6) is 0 Å². The van der Waals surface area contributed by atoms with Crippen LogP contribution in [0.15, 0.2) is 30.6 Å². The average molecular weight is 270 g/mol. The topological polar surface area (TPSA) is 46.9 Å². The molecule has 4 nitrogen and oxygen atoms in total. The molecule has 2 rings (SSSR count). The second-order valence-corrected chi connectivity index (χ2v) is 4.30. The molecule has 1 amide bonds. The molecule has 6 heteroatoms. The van der Waals surface area contributed by atoms with Crippen LogP contribution in [0.25, 0.3) is 0 Å². The van der Waals surface area contributed by atoms with Crippen molar-refractivity contribution < 1.29 is 4.79 Å². The molecule has 0 unspecified atom stereocenters. The third-order valence-corrected chi connectivity index (χ3v) is 2.88. The number of aryl methyl sites for hydroxylation is 1. The molecule has 0 atom stereocenters. The SMILES string of the molecule is Cn1cc(NC(=O)c2ccc(Cl)c(Cl)c2)cn1. The van der Waals surface area contributed by atoms with Crippen LogP contribution >= 0.6 is 23.2 Å². The van der Waals surface area contributed by atoms with Gasteiger partial charge in [0, 0.05) is 18.8 Å². The maximum Gasteiger partial charge on any atom is 0.255 e. The second kappa shape index (κ2) is 4.77. The van der Waals surface area contributed by atoms with Gasteiger partial charge < -0.3 is 5.32 Å². The van der Waals surface area contributed by atoms with Gasteiger partial charge in [0.1, 0.15) is 0 Å². The fourth-order valence-corrected chi connectivity index (χ4v) is 1.62. The summed E-state index contributed by atoms with van der Waals surface area (Å²) in [6, 6.07) is 4.72. The van der Waals surface area contributed by atoms with Crippen molar-refractivity contribution in [3.8, 4) is 0 Å². The normalized spacial score (nSPS) is 10.3. The van der Waals surface area contributed by atoms with Crippen LogP contribution in [-0.2, 0) is 7.05 Å². The van der Waals surface area contributed by atoms with E-state index in [0.29, 0.717) is 21.3 Å². The molecule has 88 valence electrons. The molecule has 17 heavy (non-hydrogen) atoms. The summed E-state index contributed by atoms with van der Waals surface area (Å²) in [5, 5.41) is 7.42. The number of nitrogens with zero attached hydrogens (tertiary/aromatic N) is 2. The number of aromatic nitrogens is 2. The number of nitrogens with one attached hydrogen (secondary N) is 1. The van der Waals surface area contributed by atoms with E-state index in [1.54, 1.807) is 36.3 Å². The van der Waals surface area contributed by atoms with Crippen LogP contribution < -0.4 is 5.32 Å². The van der Waals surface area contributed by atoms with Crippen molar-refractivity contribution >= 4 is 34.8 Å². The summed E-state index contributed by atoms with van der Waals surface area (Å²) in [4.78, 5) is 11.8. The second-order valence-electron chi connectivity index (χ2n) is 3.49. The number of anilines is 1. The van der Waals surface area contributed by atoms with E-state index in [1.807, 2.05) is 0 Å². The lowest BCUT2D eigenvalue weighted by molar-refractivity contribution is 0.102. The largest absolute Gasteiger partial charge is 0.319 e. The fourth-order valence-electron chi connectivity index (χ4n) is 1.33. The van der Waals surface area contributed by atoms with E-state index in [4.69, 9.17) is 23.2 Å². The van der Waals surface area contributed by atoms with E-state index >= 15 is 0 Å². The Morgan fingerprint density at radius 3 is 2.71 bits per heavy atom. The molecule has 1 N–H and O–H groups in total. The number of carbonyl (C=O) groups is 1. The molecule has 0 spiro atoms. The summed E-state index contributed by atoms with van der Waals surface area (Å²) in [6.07, 6.45) is 3.27. The van der Waals surface area contributed by atoms with Crippen molar-refractivity contribution in [3.63, 3.8) is 0 Å². The fraction of sp³-hybridized carbons (Fsp3) is 0.0909. The van der Waals surface area contributed by atoms with Crippen molar-refractivity contribution in [2.24, 2.45) is 7.05 Å². The summed E-state index contributed by atoms with van der Waals surface area (Å²) in [5.41, 5.74) is 1.08. The van der Waals surface area contributed by atoms with Crippen LogP contribution in [0.1, 0.15) is 10.4 Å². The Morgan fingerprint density at radius 2 is 2.12 bits per heavy atom. The molecular weight excluding hydrogens is 261 g/mol. The monoisotopic (exact) mass is 269 g/mol. The highest BCUT2D eigenvalue weighted by molar-refractivity contribution is 6.42. The Hall–Kier alpha value is -1.52. The summed E-state index contributed by atoms with van der Waals surface area (Å²) < 4.78 is 1.60. The first-order valence-electron chi connectivity index (χ1n) is 4.81. The summed E-state index contributed by atoms with van der Waals surface area (Å²) in [7, 11) is 1.77. The molecule has 1 aromatic carbocycles. The lowest BCUT2D eigenvalue weighted by Gasteiger charge is -2.03. The van der Waals surface area contributed by atoms with Gasteiger partial charge in [0.25, 0.3) is 5.91 Å². The minimum absolute atomic E-state index is 0.253. The van der Waals surface area contributed by atoms with Gasteiger partial charge >= 0.3 is 0 Å². The Balaban J connectivity index is 2.17. The quantitative estimate of drug-likeness (QED) is 0.911. The molecule has 0 aliphatic heterocycles. The molecule has 1 heterocycles. The Morgan fingerprint density at radius 1 is 1.35 bits per heavy atom. The Kier molecular flexibility index (Phi) is 3.36. The molecule has 0 fully saturated rings. The highest BCUT2D eigenvalue weighted by Gasteiger charge is 2.09. The van der Waals surface area contributed by atoms with Crippen LogP contribution in [0.3, 0.4) is 0 Å². The lowest BCUT2D eigenvalue weighted by Crippen LogP contribution is -2.11. The number of amides is 1. The van der Waals surface area contributed by atoms with Gasteiger partial charge in [-0.05, 0) is 18.2 Å². The van der Waals surface area contributed by atoms with E-state index in [1.165, 1.54) is 6.07 Å². The maximum absolute atomic E-state index is 11.8. The number of rotatable bonds is 2. The number of carbonyl (C=O) groups excluding carboxylic acids is 1. The first-order valence-corrected chi connectivity index (χ1v) is 5.57. The smallest absolute Gasteiger partial charge is 0.255 e. The molecule has 0 aliphatic rings. The zero-order valence-electron chi connectivity index (χ0n) is 8.95. The zero-order valence-corrected chi connectivity index (χ0v) is 10.5. The molecule has 0 aliphatic carbocycles. The van der Waals surface area contributed by atoms with Crippen molar-refractivity contribution in [3.05, 3.63) is 46.2 Å². The van der Waals surface area contributed by atoms with Gasteiger partial charge in [0.2, 0.25) is 0 Å². The van der Waals surface area contributed by atoms with Crippen LogP contribution in [0.2, 0.25) is 10.0 Å². The van der Waals surface area contributed by atoms with E-state index in [2.05, 4.69) is 10.4 Å². The number of hydrogen-bond acceptors (Lipinski definition) is 2. The lowest BCUT2D eigenvalue weighted by atomic mass is 10.2. The van der Waals surface area contributed by atoms with E-state index < -0.39 is 0 Å². The highest BCUT2D eigenvalue weighted by atomic mass is 35.5. The predicted molar refractivity (Wildman–Crippen MR) is 67.6 cm³/mol. The van der Waals surface area contributed by atoms with Crippen molar-refractivity contribution in [1.29, 1.82) is 0 Å². The molecule has 0 saturated carbocycles. The van der Waals surface area contributed by atoms with Gasteiger partial charge in [-0.3, -0.25) is 9.48 Å². The molecule has 1 aromatic heterocycles. The summed E-state index contributed by atoms with van der Waals surface area (Å²) in [5.74, 6) is -0.253. The number of benzene rings is 1. The number of hydrogen-bond donors (Lipinski definition) is 1. The minimum atomic E-state index is -0.253. The van der Waals surface area contributed by atoms with E-state index in [-0.39, 0.29) is 5.91 Å². The molecular formula is C11H9Cl2N3O. The number of halogens is 2. The van der Waals surface area contributed by atoms with Crippen LogP contribution in [0.4, 0.5) is 5.69 Å². The van der Waals surface area contributed by atoms with Crippen molar-refractivity contribution in [2.75, 3.05) is 5.32 Å². The average Bonchev–Trinajstić information content (AvgIpc) is 2.68. The molecule has 0 bridgehead atoms. The molecule has 0 radical (unpaired) electrons. The third-order valence-electron chi connectivity index (χ3n) is 2.14. The van der Waals surface area contributed by atoms with Gasteiger partial charge in [0.05, 0.1) is 21.9 Å². The maximum atomic E-state index is 11.8. The van der Waals surface area contributed by atoms with Gasteiger partial charge in [0.15, 0.2) is 0 Å². The predicted octanol–water partition coefficient (Wildman–Crippen LogP) is 2.98. The van der Waals surface area contributed by atoms with Gasteiger partial charge in [-0.25, -0.2) is 0 Å². The van der Waals surface area contributed by atoms with Crippen LogP contribution in [-0.4, -0.2) is 15.7 Å². The standard InChI is InChI=1S/C11H9Cl2N3O/c1-16-6-8(5-14-16)15-11(17)7-2-3-9(12)10(13)4-7/h2-6H,1H3,(H,15,17). The Labute approximate surface area is 108 Å². The third kappa shape index (κ3) is 2.78. The highest BCUT2D eigenvalue weighted by Crippen LogP contribution is 2.23. The van der Waals surface area contributed by atoms with Crippen LogP contribution in [0, 0.1) is 0 Å². The minimum Gasteiger partial charge on any atom is -0.319 e. The molecule has 2 aromatic rings. The van der Waals surface area contributed by atoms with Gasteiger partial charge in [-0.15, -0.1) is 0 Å². The summed E-state index contributed by atoms with van der Waals surface area (Å²) >= 11 is 11.6. The Bertz CT molecular complexity index is 566. The molecule has 0 saturated heterocycles. The van der Waals surface area contributed by atoms with E-state index in [0.717, 1.165) is 0 Å². The van der Waals surface area contributed by atoms with Crippen molar-refractivity contribution in [1.82, 2.24) is 9.78 Å². The van der Waals surface area contributed by atoms with Gasteiger partial charge in [-0.1, -0.05) is 23.2 Å². The van der Waals surface area contributed by atoms with Gasteiger partial charge in [-0.2, -0.15) is 5.10 Å². The first kappa shape index (κ1) is 12.0. The van der Waals surface area contributed by atoms with Crippen molar-refractivity contribution in [2.45, 2.75) is 0 Å². The van der Waals surface area contributed by atoms with E-state index in [9.17, 15) is 4.79 Å².